The number of aryl methyl sites for hydroxylation is 1. The van der Waals surface area contributed by atoms with Crippen LogP contribution in [-0.2, 0) is 10.8 Å². The molecule has 0 fully saturated rings. The van der Waals surface area contributed by atoms with E-state index in [-0.39, 0.29) is 12.4 Å². The van der Waals surface area contributed by atoms with E-state index >= 15 is 0 Å². The molecule has 0 radical (unpaired) electrons. The molecule has 0 heterocycles. The summed E-state index contributed by atoms with van der Waals surface area (Å²) >= 11 is 6.06. The molecule has 0 aliphatic heterocycles. The van der Waals surface area contributed by atoms with E-state index in [0.29, 0.717) is 22.1 Å². The molecule has 5 heteroatoms. The van der Waals surface area contributed by atoms with Crippen LogP contribution in [0.4, 0.5) is 0 Å². The smallest absolute Gasteiger partial charge is 0.144 e. The monoisotopic (exact) mass is 388 g/mol. The van der Waals surface area contributed by atoms with E-state index in [1.807, 2.05) is 32.0 Å². The van der Waals surface area contributed by atoms with Gasteiger partial charge in [-0.3, -0.25) is 4.21 Å². The summed E-state index contributed by atoms with van der Waals surface area (Å²) in [6.45, 7) is 7.36. The molecule has 2 rings (SSSR count). The second-order valence-corrected chi connectivity index (χ2v) is 7.78. The lowest BCUT2D eigenvalue weighted by molar-refractivity contribution is 0.271. The van der Waals surface area contributed by atoms with Gasteiger partial charge in [-0.25, -0.2) is 0 Å². The average Bonchev–Trinajstić information content (AvgIpc) is 2.60. The van der Waals surface area contributed by atoms with E-state index in [0.717, 1.165) is 22.4 Å². The number of ether oxygens (including phenoxy) is 1. The lowest BCUT2D eigenvalue weighted by atomic mass is 10.1. The Kier molecular flexibility index (Phi) is 7.32. The Bertz CT molecular complexity index is 894. The van der Waals surface area contributed by atoms with Gasteiger partial charge in [-0.05, 0) is 49.2 Å². The Morgan fingerprint density at radius 3 is 2.65 bits per heavy atom. The van der Waals surface area contributed by atoms with Crippen molar-refractivity contribution in [3.05, 3.63) is 70.4 Å². The number of aliphatic hydroxyl groups excluding tert-OH is 1. The number of halogens is 1. The quantitative estimate of drug-likeness (QED) is 0.558. The average molecular weight is 389 g/mol. The van der Waals surface area contributed by atoms with E-state index in [4.69, 9.17) is 16.3 Å². The van der Waals surface area contributed by atoms with E-state index < -0.39 is 10.8 Å². The van der Waals surface area contributed by atoms with Gasteiger partial charge in [-0.2, -0.15) is 0 Å². The van der Waals surface area contributed by atoms with E-state index in [1.165, 1.54) is 0 Å². The Balaban J connectivity index is 2.36. The highest BCUT2D eigenvalue weighted by atomic mass is 35.5. The van der Waals surface area contributed by atoms with Crippen molar-refractivity contribution in [3.63, 3.8) is 0 Å². The van der Waals surface area contributed by atoms with Gasteiger partial charge in [-0.15, -0.1) is 0 Å². The molecule has 0 aliphatic rings. The zero-order chi connectivity index (χ0) is 19.1. The maximum atomic E-state index is 12.2. The van der Waals surface area contributed by atoms with Crippen LogP contribution in [0.15, 0.2) is 53.6 Å². The first-order valence-electron chi connectivity index (χ1n) is 8.21. The molecule has 1 N–H and O–H groups in total. The van der Waals surface area contributed by atoms with Crippen LogP contribution in [-0.4, -0.2) is 21.7 Å². The topological polar surface area (TPSA) is 46.5 Å². The van der Waals surface area contributed by atoms with Crippen LogP contribution < -0.4 is 4.74 Å². The molecule has 26 heavy (non-hydrogen) atoms. The van der Waals surface area contributed by atoms with Gasteiger partial charge in [0, 0.05) is 21.2 Å². The lowest BCUT2D eigenvalue weighted by Gasteiger charge is -2.08. The molecule has 0 spiro atoms. The third kappa shape index (κ3) is 5.66. The molecule has 1 atom stereocenters. The molecule has 0 bridgehead atoms. The molecule has 2 aromatic carbocycles. The van der Waals surface area contributed by atoms with Gasteiger partial charge >= 0.3 is 0 Å². The summed E-state index contributed by atoms with van der Waals surface area (Å²) in [4.78, 5) is 0.779. The molecule has 0 amide bonds. The summed E-state index contributed by atoms with van der Waals surface area (Å²) in [5.41, 5.74) is 2.42. The van der Waals surface area contributed by atoms with Gasteiger partial charge in [0.1, 0.15) is 18.1 Å². The van der Waals surface area contributed by atoms with Crippen LogP contribution in [0.2, 0.25) is 5.02 Å². The van der Waals surface area contributed by atoms with Crippen LogP contribution in [0.25, 0.3) is 0 Å². The molecule has 0 aromatic heterocycles. The molecule has 2 aromatic rings. The molecule has 0 saturated carbocycles. The van der Waals surface area contributed by atoms with Gasteiger partial charge in [-0.1, -0.05) is 43.0 Å². The first kappa shape index (κ1) is 20.1. The second kappa shape index (κ2) is 9.47. The fourth-order valence-corrected chi connectivity index (χ4v) is 3.45. The number of hydrogen-bond donors (Lipinski definition) is 1. The summed E-state index contributed by atoms with van der Waals surface area (Å²) in [7, 11) is -1.02. The number of rotatable bonds is 6. The minimum Gasteiger partial charge on any atom is -0.509 e. The Morgan fingerprint density at radius 1 is 1.23 bits per heavy atom. The fourth-order valence-electron chi connectivity index (χ4n) is 2.20. The second-order valence-electron chi connectivity index (χ2n) is 5.77. The van der Waals surface area contributed by atoms with Crippen LogP contribution in [0.1, 0.15) is 30.0 Å². The molecule has 0 aliphatic carbocycles. The number of hydrogen-bond acceptors (Lipinski definition) is 3. The number of benzene rings is 2. The third-order valence-corrected chi connectivity index (χ3v) is 5.32. The van der Waals surface area contributed by atoms with Crippen molar-refractivity contribution in [3.8, 4) is 17.6 Å². The lowest BCUT2D eigenvalue weighted by Crippen LogP contribution is -2.01. The summed E-state index contributed by atoms with van der Waals surface area (Å²) in [5, 5.41) is 9.76. The largest absolute Gasteiger partial charge is 0.509 e. The summed E-state index contributed by atoms with van der Waals surface area (Å²) in [6, 6.07) is 10.8. The fraction of sp³-hybridized carbons (Fsp3) is 0.238. The van der Waals surface area contributed by atoms with Crippen LogP contribution in [0.3, 0.4) is 0 Å². The minimum atomic E-state index is -1.02. The normalized spacial score (nSPS) is 11.3. The minimum absolute atomic E-state index is 0.0131. The summed E-state index contributed by atoms with van der Waals surface area (Å²) in [5.74, 6) is 7.26. The van der Waals surface area contributed by atoms with Crippen LogP contribution >= 0.6 is 11.6 Å². The zero-order valence-corrected chi connectivity index (χ0v) is 16.4. The molecule has 1 unspecified atom stereocenters. The zero-order valence-electron chi connectivity index (χ0n) is 14.8. The Morgan fingerprint density at radius 2 is 1.96 bits per heavy atom. The molecule has 3 nitrogen and oxygen atoms in total. The van der Waals surface area contributed by atoms with Crippen molar-refractivity contribution in [2.45, 2.75) is 25.2 Å². The van der Waals surface area contributed by atoms with E-state index in [2.05, 4.69) is 18.4 Å². The van der Waals surface area contributed by atoms with Gasteiger partial charge < -0.3 is 9.84 Å². The molecule has 136 valence electrons. The van der Waals surface area contributed by atoms with Gasteiger partial charge in [0.05, 0.1) is 16.4 Å². The Labute approximate surface area is 162 Å². The highest BCUT2D eigenvalue weighted by Gasteiger charge is 2.06. The SMILES string of the molecule is C=C(O)COc1ccc(Cl)cc1C#Cc1cc(S(=O)CCC)ccc1C. The van der Waals surface area contributed by atoms with Crippen LogP contribution in [0, 0.1) is 18.8 Å². The van der Waals surface area contributed by atoms with Gasteiger partial charge in [0.15, 0.2) is 0 Å². The van der Waals surface area contributed by atoms with Crippen LogP contribution in [0.5, 0.6) is 5.75 Å². The van der Waals surface area contributed by atoms with Crippen molar-refractivity contribution in [1.29, 1.82) is 0 Å². The van der Waals surface area contributed by atoms with Gasteiger partial charge in [0.2, 0.25) is 0 Å². The van der Waals surface area contributed by atoms with Crippen molar-refractivity contribution < 1.29 is 14.1 Å². The molecular formula is C21H21ClO3S. The first-order valence-corrected chi connectivity index (χ1v) is 9.90. The summed E-state index contributed by atoms with van der Waals surface area (Å²) in [6.07, 6.45) is 0.862. The maximum Gasteiger partial charge on any atom is 0.144 e. The third-order valence-electron chi connectivity index (χ3n) is 3.53. The highest BCUT2D eigenvalue weighted by Crippen LogP contribution is 2.23. The van der Waals surface area contributed by atoms with E-state index in [1.54, 1.807) is 18.2 Å². The van der Waals surface area contributed by atoms with Crippen molar-refractivity contribution in [1.82, 2.24) is 0 Å². The maximum absolute atomic E-state index is 12.2. The van der Waals surface area contributed by atoms with Crippen molar-refractivity contribution >= 4 is 22.4 Å². The predicted molar refractivity (Wildman–Crippen MR) is 107 cm³/mol. The van der Waals surface area contributed by atoms with Crippen molar-refractivity contribution in [2.75, 3.05) is 12.4 Å². The predicted octanol–water partition coefficient (Wildman–Crippen LogP) is 5.02. The Hall–Kier alpha value is -2.22. The highest BCUT2D eigenvalue weighted by molar-refractivity contribution is 7.85. The van der Waals surface area contributed by atoms with E-state index in [9.17, 15) is 9.32 Å². The van der Waals surface area contributed by atoms with Crippen molar-refractivity contribution in [2.24, 2.45) is 0 Å². The molecule has 0 saturated heterocycles. The standard InChI is InChI=1S/C21H21ClO3S/c1-4-11-26(24)20-9-5-15(2)17(13-20)6-7-18-12-19(22)8-10-21(18)25-14-16(3)23/h5,8-10,12-13,23H,3-4,11,14H2,1-2H3. The first-order chi connectivity index (χ1) is 12.4. The van der Waals surface area contributed by atoms with Gasteiger partial charge in [0.25, 0.3) is 0 Å². The summed E-state index contributed by atoms with van der Waals surface area (Å²) < 4.78 is 17.7. The molecular weight excluding hydrogens is 368 g/mol. The number of aliphatic hydroxyl groups is 1.